The van der Waals surface area contributed by atoms with Crippen LogP contribution in [0.15, 0.2) is 158 Å². The standard InChI is InChI=1S/C52H38/c1-51(2)45-16-9-8-15-39(45)43-29-48-44(30-47(43)51)40-24-21-35(28-46(40)52(48,3)4)34-13-10-14-36(27-34)38-23-18-33-19-25-41-37(31-11-6-5-7-12-31)22-17-32-20-26-42(38)50(33)49(32)41/h5-30H,1-4H3. The molecule has 0 aromatic heterocycles. The molecule has 2 aliphatic carbocycles. The van der Waals surface area contributed by atoms with Gasteiger partial charge >= 0.3 is 0 Å². The minimum Gasteiger partial charge on any atom is -0.0622 e. The highest BCUT2D eigenvalue weighted by molar-refractivity contribution is 6.27. The van der Waals surface area contributed by atoms with Crippen molar-refractivity contribution < 1.29 is 0 Å². The maximum atomic E-state index is 2.51. The first kappa shape index (κ1) is 29.7. The summed E-state index contributed by atoms with van der Waals surface area (Å²) in [6.07, 6.45) is 0. The molecule has 52 heavy (non-hydrogen) atoms. The Kier molecular flexibility index (Phi) is 5.89. The van der Waals surface area contributed by atoms with Gasteiger partial charge in [-0.3, -0.25) is 0 Å². The Morgan fingerprint density at radius 2 is 0.769 bits per heavy atom. The Hall–Kier alpha value is -5.98. The van der Waals surface area contributed by atoms with E-state index in [9.17, 15) is 0 Å². The molecular formula is C52H38. The number of fused-ring (bicyclic) bond motifs is 6. The van der Waals surface area contributed by atoms with Gasteiger partial charge < -0.3 is 0 Å². The molecule has 9 aromatic rings. The van der Waals surface area contributed by atoms with Crippen molar-refractivity contribution in [1.82, 2.24) is 0 Å². The summed E-state index contributed by atoms with van der Waals surface area (Å²) in [5.74, 6) is 0. The molecule has 0 fully saturated rings. The molecule has 0 unspecified atom stereocenters. The third-order valence-corrected chi connectivity index (χ3v) is 12.6. The van der Waals surface area contributed by atoms with Crippen LogP contribution in [0, 0.1) is 0 Å². The summed E-state index contributed by atoms with van der Waals surface area (Å²) in [5.41, 5.74) is 18.8. The molecule has 0 saturated heterocycles. The van der Waals surface area contributed by atoms with Crippen LogP contribution >= 0.6 is 0 Å². The predicted octanol–water partition coefficient (Wildman–Crippen LogP) is 14.2. The van der Waals surface area contributed by atoms with Gasteiger partial charge in [0.05, 0.1) is 0 Å². The minimum atomic E-state index is -0.0975. The van der Waals surface area contributed by atoms with E-state index in [2.05, 4.69) is 185 Å². The molecule has 0 amide bonds. The molecule has 0 bridgehead atoms. The van der Waals surface area contributed by atoms with Gasteiger partial charge in [-0.25, -0.2) is 0 Å². The normalized spacial score (nSPS) is 14.8. The Labute approximate surface area is 305 Å². The number of rotatable bonds is 3. The van der Waals surface area contributed by atoms with Crippen molar-refractivity contribution in [1.29, 1.82) is 0 Å². The Morgan fingerprint density at radius 1 is 0.288 bits per heavy atom. The summed E-state index contributed by atoms with van der Waals surface area (Å²) in [5, 5.41) is 7.90. The second kappa shape index (κ2) is 10.3. The molecule has 0 heterocycles. The second-order valence-corrected chi connectivity index (χ2v) is 16.1. The Bertz CT molecular complexity index is 2940. The molecule has 0 N–H and O–H groups in total. The van der Waals surface area contributed by atoms with Gasteiger partial charge in [0.25, 0.3) is 0 Å². The van der Waals surface area contributed by atoms with E-state index in [1.165, 1.54) is 110 Å². The van der Waals surface area contributed by atoms with Crippen molar-refractivity contribution in [2.75, 3.05) is 0 Å². The fourth-order valence-electron chi connectivity index (χ4n) is 9.90. The van der Waals surface area contributed by atoms with E-state index >= 15 is 0 Å². The molecular weight excluding hydrogens is 625 g/mol. The van der Waals surface area contributed by atoms with Crippen LogP contribution < -0.4 is 0 Å². The fraction of sp³-hybridized carbons (Fsp3) is 0.115. The SMILES string of the molecule is CC1(C)c2ccccc2-c2cc3c(cc21)-c1ccc(-c2cccc(-c4ccc5ccc6c(-c7ccccc7)ccc7ccc4c5c76)c2)cc1C3(C)C. The Morgan fingerprint density at radius 3 is 1.46 bits per heavy atom. The van der Waals surface area contributed by atoms with Crippen molar-refractivity contribution in [3.63, 3.8) is 0 Å². The zero-order chi connectivity index (χ0) is 34.9. The molecule has 0 radical (unpaired) electrons. The molecule has 0 saturated carbocycles. The van der Waals surface area contributed by atoms with Gasteiger partial charge in [-0.2, -0.15) is 0 Å². The molecule has 0 spiro atoms. The average molecular weight is 663 g/mol. The van der Waals surface area contributed by atoms with Gasteiger partial charge in [0.15, 0.2) is 0 Å². The Balaban J connectivity index is 1.03. The third-order valence-electron chi connectivity index (χ3n) is 12.6. The minimum absolute atomic E-state index is 0.0104. The van der Waals surface area contributed by atoms with Crippen molar-refractivity contribution in [2.45, 2.75) is 38.5 Å². The van der Waals surface area contributed by atoms with E-state index in [1.807, 2.05) is 0 Å². The number of hydrogen-bond donors (Lipinski definition) is 0. The zero-order valence-electron chi connectivity index (χ0n) is 30.0. The van der Waals surface area contributed by atoms with Crippen LogP contribution in [-0.4, -0.2) is 0 Å². The zero-order valence-corrected chi connectivity index (χ0v) is 30.0. The van der Waals surface area contributed by atoms with Crippen LogP contribution in [0.4, 0.5) is 0 Å². The lowest BCUT2D eigenvalue weighted by Gasteiger charge is -2.24. The molecule has 2 aliphatic rings. The van der Waals surface area contributed by atoms with Crippen molar-refractivity contribution in [3.8, 4) is 55.6 Å². The smallest absolute Gasteiger partial charge is 0.0159 e. The molecule has 9 aromatic carbocycles. The van der Waals surface area contributed by atoms with Gasteiger partial charge in [0.2, 0.25) is 0 Å². The first-order chi connectivity index (χ1) is 25.3. The van der Waals surface area contributed by atoms with E-state index in [0.29, 0.717) is 0 Å². The molecule has 0 aliphatic heterocycles. The van der Waals surface area contributed by atoms with Crippen LogP contribution in [0.3, 0.4) is 0 Å². The van der Waals surface area contributed by atoms with Crippen molar-refractivity contribution >= 4 is 32.3 Å². The topological polar surface area (TPSA) is 0 Å². The van der Waals surface area contributed by atoms with Gasteiger partial charge in [-0.1, -0.05) is 161 Å². The summed E-state index contributed by atoms with van der Waals surface area (Å²) >= 11 is 0. The molecule has 0 nitrogen and oxygen atoms in total. The lowest BCUT2D eigenvalue weighted by atomic mass is 9.79. The van der Waals surface area contributed by atoms with Gasteiger partial charge in [-0.15, -0.1) is 0 Å². The van der Waals surface area contributed by atoms with Crippen molar-refractivity contribution in [3.05, 3.63) is 180 Å². The van der Waals surface area contributed by atoms with Crippen LogP contribution in [0.2, 0.25) is 0 Å². The van der Waals surface area contributed by atoms with Crippen LogP contribution in [-0.2, 0) is 10.8 Å². The van der Waals surface area contributed by atoms with E-state index in [1.54, 1.807) is 0 Å². The maximum Gasteiger partial charge on any atom is 0.0159 e. The van der Waals surface area contributed by atoms with Crippen LogP contribution in [0.1, 0.15) is 49.9 Å². The first-order valence-electron chi connectivity index (χ1n) is 18.6. The van der Waals surface area contributed by atoms with Crippen molar-refractivity contribution in [2.24, 2.45) is 0 Å². The van der Waals surface area contributed by atoms with E-state index < -0.39 is 0 Å². The number of hydrogen-bond acceptors (Lipinski definition) is 0. The van der Waals surface area contributed by atoms with Gasteiger partial charge in [-0.05, 0) is 134 Å². The summed E-state index contributed by atoms with van der Waals surface area (Å²) < 4.78 is 0. The molecule has 246 valence electrons. The summed E-state index contributed by atoms with van der Waals surface area (Å²) in [6.45, 7) is 9.57. The predicted molar refractivity (Wildman–Crippen MR) is 222 cm³/mol. The molecule has 0 atom stereocenters. The van der Waals surface area contributed by atoms with E-state index in [4.69, 9.17) is 0 Å². The second-order valence-electron chi connectivity index (χ2n) is 16.1. The largest absolute Gasteiger partial charge is 0.0622 e. The summed E-state index contributed by atoms with van der Waals surface area (Å²) in [7, 11) is 0. The molecule has 11 rings (SSSR count). The first-order valence-corrected chi connectivity index (χ1v) is 18.6. The fourth-order valence-corrected chi connectivity index (χ4v) is 9.90. The third kappa shape index (κ3) is 3.93. The van der Waals surface area contributed by atoms with E-state index in [0.717, 1.165) is 0 Å². The highest BCUT2D eigenvalue weighted by Crippen LogP contribution is 2.56. The maximum absolute atomic E-state index is 2.51. The van der Waals surface area contributed by atoms with Crippen LogP contribution in [0.25, 0.3) is 88.0 Å². The highest BCUT2D eigenvalue weighted by atomic mass is 14.4. The average Bonchev–Trinajstić information content (AvgIpc) is 3.55. The quantitative estimate of drug-likeness (QED) is 0.165. The van der Waals surface area contributed by atoms with E-state index in [-0.39, 0.29) is 10.8 Å². The molecule has 0 heteroatoms. The van der Waals surface area contributed by atoms with Crippen LogP contribution in [0.5, 0.6) is 0 Å². The number of benzene rings is 9. The van der Waals surface area contributed by atoms with Gasteiger partial charge in [0.1, 0.15) is 0 Å². The van der Waals surface area contributed by atoms with Gasteiger partial charge in [0, 0.05) is 10.8 Å². The summed E-state index contributed by atoms with van der Waals surface area (Å²) in [6, 6.07) is 59.6. The lowest BCUT2D eigenvalue weighted by Crippen LogP contribution is -2.17. The summed E-state index contributed by atoms with van der Waals surface area (Å²) in [4.78, 5) is 0. The lowest BCUT2D eigenvalue weighted by molar-refractivity contribution is 0.652. The monoisotopic (exact) mass is 662 g/mol. The highest BCUT2D eigenvalue weighted by Gasteiger charge is 2.41.